The summed E-state index contributed by atoms with van der Waals surface area (Å²) in [5.41, 5.74) is 2.83. The number of aromatic nitrogens is 2. The first kappa shape index (κ1) is 18.7. The van der Waals surface area contributed by atoms with Crippen molar-refractivity contribution in [1.82, 2.24) is 19.2 Å². The van der Waals surface area contributed by atoms with Gasteiger partial charge in [-0.05, 0) is 36.8 Å². The van der Waals surface area contributed by atoms with Crippen LogP contribution in [-0.2, 0) is 11.3 Å². The van der Waals surface area contributed by atoms with Gasteiger partial charge in [-0.3, -0.25) is 9.69 Å². The highest BCUT2D eigenvalue weighted by Crippen LogP contribution is 2.32. The smallest absolute Gasteiger partial charge is 0.260 e. The van der Waals surface area contributed by atoms with Gasteiger partial charge in [-0.25, -0.2) is 4.98 Å². The van der Waals surface area contributed by atoms with Crippen molar-refractivity contribution in [3.8, 4) is 17.2 Å². The van der Waals surface area contributed by atoms with Crippen molar-refractivity contribution < 1.29 is 19.0 Å². The monoisotopic (exact) mass is 408 g/mol. The van der Waals surface area contributed by atoms with Crippen molar-refractivity contribution >= 4 is 11.6 Å². The molecular weight excluding hydrogens is 384 g/mol. The number of pyridine rings is 1. The molecule has 30 heavy (non-hydrogen) atoms. The van der Waals surface area contributed by atoms with Crippen molar-refractivity contribution in [3.63, 3.8) is 0 Å². The molecule has 1 fully saturated rings. The molecule has 0 aliphatic carbocycles. The molecule has 3 aromatic rings. The zero-order valence-corrected chi connectivity index (χ0v) is 16.9. The number of carbonyl (C=O) groups is 1. The van der Waals surface area contributed by atoms with Gasteiger partial charge >= 0.3 is 0 Å². The summed E-state index contributed by atoms with van der Waals surface area (Å²) in [5, 5.41) is 0. The van der Waals surface area contributed by atoms with E-state index in [1.54, 1.807) is 0 Å². The molecule has 156 valence electrons. The Morgan fingerprint density at radius 1 is 1.13 bits per heavy atom. The summed E-state index contributed by atoms with van der Waals surface area (Å²) in [6.45, 7) is 6.12. The number of imidazole rings is 1. The van der Waals surface area contributed by atoms with Crippen LogP contribution in [0.1, 0.15) is 11.3 Å². The summed E-state index contributed by atoms with van der Waals surface area (Å²) in [6.07, 6.45) is 3.85. The van der Waals surface area contributed by atoms with E-state index in [2.05, 4.69) is 16.0 Å². The zero-order chi connectivity index (χ0) is 20.5. The SMILES string of the molecule is Cc1cn2cccc(OCC(=O)N3CCN(Cc4ccc5c(c4)OCO5)CC3)c2n1. The van der Waals surface area contributed by atoms with E-state index in [4.69, 9.17) is 14.2 Å². The third-order valence-corrected chi connectivity index (χ3v) is 5.49. The topological polar surface area (TPSA) is 68.5 Å². The van der Waals surface area contributed by atoms with Crippen LogP contribution in [0, 0.1) is 6.92 Å². The van der Waals surface area contributed by atoms with Crippen molar-refractivity contribution in [2.75, 3.05) is 39.6 Å². The lowest BCUT2D eigenvalue weighted by Gasteiger charge is -2.34. The predicted molar refractivity (Wildman–Crippen MR) is 110 cm³/mol. The van der Waals surface area contributed by atoms with Gasteiger partial charge in [0.05, 0.1) is 5.69 Å². The lowest BCUT2D eigenvalue weighted by molar-refractivity contribution is -0.135. The molecule has 8 heteroatoms. The average molecular weight is 408 g/mol. The Morgan fingerprint density at radius 2 is 1.97 bits per heavy atom. The number of piperazine rings is 1. The molecule has 0 saturated carbocycles. The van der Waals surface area contributed by atoms with Crippen molar-refractivity contribution in [3.05, 3.63) is 54.0 Å². The fourth-order valence-electron chi connectivity index (χ4n) is 3.91. The van der Waals surface area contributed by atoms with Gasteiger partial charge < -0.3 is 23.5 Å². The normalized spacial score (nSPS) is 16.2. The number of carbonyl (C=O) groups excluding carboxylic acids is 1. The van der Waals surface area contributed by atoms with Gasteiger partial charge in [0, 0.05) is 45.1 Å². The second-order valence-electron chi connectivity index (χ2n) is 7.62. The van der Waals surface area contributed by atoms with E-state index in [-0.39, 0.29) is 19.3 Å². The fraction of sp³-hybridized carbons (Fsp3) is 0.364. The standard InChI is InChI=1S/C22H24N4O4/c1-16-12-26-6-2-3-19(22(26)23-16)28-14-21(27)25-9-7-24(8-10-25)13-17-4-5-18-20(11-17)30-15-29-18/h2-6,11-12H,7-10,13-15H2,1H3. The molecule has 2 aromatic heterocycles. The van der Waals surface area contributed by atoms with Gasteiger partial charge in [-0.1, -0.05) is 6.07 Å². The Morgan fingerprint density at radius 3 is 2.83 bits per heavy atom. The highest BCUT2D eigenvalue weighted by Gasteiger charge is 2.22. The summed E-state index contributed by atoms with van der Waals surface area (Å²) < 4.78 is 18.5. The quantitative estimate of drug-likeness (QED) is 0.644. The van der Waals surface area contributed by atoms with E-state index in [9.17, 15) is 4.79 Å². The molecule has 8 nitrogen and oxygen atoms in total. The first-order valence-electron chi connectivity index (χ1n) is 10.1. The zero-order valence-electron chi connectivity index (χ0n) is 16.9. The molecule has 1 aromatic carbocycles. The van der Waals surface area contributed by atoms with Crippen LogP contribution in [0.4, 0.5) is 0 Å². The maximum Gasteiger partial charge on any atom is 0.260 e. The number of aryl methyl sites for hydroxylation is 1. The first-order chi connectivity index (χ1) is 14.7. The van der Waals surface area contributed by atoms with Crippen LogP contribution in [0.15, 0.2) is 42.7 Å². The number of fused-ring (bicyclic) bond motifs is 2. The van der Waals surface area contributed by atoms with Gasteiger partial charge in [-0.2, -0.15) is 0 Å². The Balaban J connectivity index is 1.13. The van der Waals surface area contributed by atoms with E-state index < -0.39 is 0 Å². The second-order valence-corrected chi connectivity index (χ2v) is 7.62. The molecule has 0 bridgehead atoms. The van der Waals surface area contributed by atoms with Gasteiger partial charge in [-0.15, -0.1) is 0 Å². The van der Waals surface area contributed by atoms with Crippen LogP contribution in [-0.4, -0.2) is 64.7 Å². The van der Waals surface area contributed by atoms with Crippen molar-refractivity contribution in [2.24, 2.45) is 0 Å². The first-order valence-corrected chi connectivity index (χ1v) is 10.1. The number of nitrogens with zero attached hydrogens (tertiary/aromatic N) is 4. The Labute approximate surface area is 174 Å². The van der Waals surface area contributed by atoms with E-state index in [1.807, 2.05) is 52.9 Å². The summed E-state index contributed by atoms with van der Waals surface area (Å²) in [4.78, 5) is 21.3. The van der Waals surface area contributed by atoms with E-state index in [0.717, 1.165) is 42.5 Å². The number of benzene rings is 1. The highest BCUT2D eigenvalue weighted by atomic mass is 16.7. The summed E-state index contributed by atoms with van der Waals surface area (Å²) in [6, 6.07) is 9.79. The number of hydrogen-bond acceptors (Lipinski definition) is 6. The Bertz CT molecular complexity index is 1070. The number of amides is 1. The predicted octanol–water partition coefficient (Wildman–Crippen LogP) is 2.09. The van der Waals surface area contributed by atoms with Gasteiger partial charge in [0.2, 0.25) is 6.79 Å². The maximum absolute atomic E-state index is 12.6. The molecule has 0 radical (unpaired) electrons. The Hall–Kier alpha value is -3.26. The van der Waals surface area contributed by atoms with E-state index >= 15 is 0 Å². The Kier molecular flexibility index (Phi) is 4.92. The average Bonchev–Trinajstić information content (AvgIpc) is 3.37. The number of rotatable bonds is 5. The van der Waals surface area contributed by atoms with Gasteiger partial charge in [0.1, 0.15) is 0 Å². The molecule has 1 amide bonds. The number of hydrogen-bond donors (Lipinski definition) is 0. The number of ether oxygens (including phenoxy) is 3. The third kappa shape index (κ3) is 3.78. The minimum atomic E-state index is 0.00279. The highest BCUT2D eigenvalue weighted by molar-refractivity contribution is 5.78. The molecule has 0 atom stereocenters. The molecule has 0 unspecified atom stereocenters. The van der Waals surface area contributed by atoms with Gasteiger partial charge in [0.25, 0.3) is 5.91 Å². The largest absolute Gasteiger partial charge is 0.480 e. The van der Waals surface area contributed by atoms with E-state index in [1.165, 1.54) is 5.56 Å². The molecule has 2 aliphatic heterocycles. The van der Waals surface area contributed by atoms with E-state index in [0.29, 0.717) is 18.8 Å². The molecule has 2 aliphatic rings. The van der Waals surface area contributed by atoms with Crippen LogP contribution in [0.5, 0.6) is 17.2 Å². The second kappa shape index (κ2) is 7.87. The summed E-state index contributed by atoms with van der Waals surface area (Å²) >= 11 is 0. The van der Waals surface area contributed by atoms with Crippen LogP contribution in [0.2, 0.25) is 0 Å². The molecule has 0 spiro atoms. The minimum absolute atomic E-state index is 0.00279. The minimum Gasteiger partial charge on any atom is -0.480 e. The van der Waals surface area contributed by atoms with Crippen LogP contribution in [0.25, 0.3) is 5.65 Å². The molecular formula is C22H24N4O4. The molecule has 1 saturated heterocycles. The van der Waals surface area contributed by atoms with Crippen molar-refractivity contribution in [1.29, 1.82) is 0 Å². The molecule has 5 rings (SSSR count). The van der Waals surface area contributed by atoms with Crippen LogP contribution >= 0.6 is 0 Å². The molecule has 0 N–H and O–H groups in total. The summed E-state index contributed by atoms with van der Waals surface area (Å²) in [7, 11) is 0. The fourth-order valence-corrected chi connectivity index (χ4v) is 3.91. The third-order valence-electron chi connectivity index (χ3n) is 5.49. The lowest BCUT2D eigenvalue weighted by Crippen LogP contribution is -2.49. The molecule has 4 heterocycles. The lowest BCUT2D eigenvalue weighted by atomic mass is 10.1. The van der Waals surface area contributed by atoms with Crippen molar-refractivity contribution in [2.45, 2.75) is 13.5 Å². The van der Waals surface area contributed by atoms with Gasteiger partial charge in [0.15, 0.2) is 29.5 Å². The van der Waals surface area contributed by atoms with Crippen LogP contribution in [0.3, 0.4) is 0 Å². The maximum atomic E-state index is 12.6. The summed E-state index contributed by atoms with van der Waals surface area (Å²) in [5.74, 6) is 2.24. The van der Waals surface area contributed by atoms with Crippen LogP contribution < -0.4 is 14.2 Å².